The summed E-state index contributed by atoms with van der Waals surface area (Å²) in [6, 6.07) is 0. The van der Waals surface area contributed by atoms with Gasteiger partial charge in [0.15, 0.2) is 0 Å². The smallest absolute Gasteiger partial charge is 0.325 e. The highest BCUT2D eigenvalue weighted by Gasteiger charge is 2.28. The maximum absolute atomic E-state index is 11.6. The molecule has 108 valence electrons. The number of unbranched alkanes of at least 4 members (excludes halogenated alkanes) is 1. The van der Waals surface area contributed by atoms with Gasteiger partial charge in [-0.1, -0.05) is 27.2 Å². The van der Waals surface area contributed by atoms with E-state index in [4.69, 9.17) is 10.5 Å². The van der Waals surface area contributed by atoms with E-state index in [0.717, 1.165) is 18.6 Å². The van der Waals surface area contributed by atoms with Gasteiger partial charge < -0.3 is 10.5 Å². The Morgan fingerprint density at radius 1 is 1.33 bits per heavy atom. The van der Waals surface area contributed by atoms with Crippen molar-refractivity contribution < 1.29 is 9.53 Å². The van der Waals surface area contributed by atoms with Gasteiger partial charge in [0.25, 0.3) is 0 Å². The van der Waals surface area contributed by atoms with Crippen LogP contribution in [-0.2, 0) is 9.53 Å². The van der Waals surface area contributed by atoms with Gasteiger partial charge >= 0.3 is 5.97 Å². The third-order valence-electron chi connectivity index (χ3n) is 3.15. The van der Waals surface area contributed by atoms with Crippen LogP contribution in [0.25, 0.3) is 0 Å². The second-order valence-corrected chi connectivity index (χ2v) is 6.90. The monoisotopic (exact) mass is 275 g/mol. The first-order valence-corrected chi connectivity index (χ1v) is 7.93. The van der Waals surface area contributed by atoms with Crippen molar-refractivity contribution in [2.45, 2.75) is 64.7 Å². The molecule has 2 atom stereocenters. The van der Waals surface area contributed by atoms with E-state index in [9.17, 15) is 4.79 Å². The molecule has 0 radical (unpaired) electrons. The highest BCUT2D eigenvalue weighted by molar-refractivity contribution is 7.99. The Morgan fingerprint density at radius 2 is 1.94 bits per heavy atom. The van der Waals surface area contributed by atoms with Crippen molar-refractivity contribution in [1.29, 1.82) is 0 Å². The third-order valence-corrected chi connectivity index (χ3v) is 4.75. The molecule has 0 aromatic rings. The van der Waals surface area contributed by atoms with Crippen LogP contribution >= 0.6 is 11.8 Å². The Labute approximate surface area is 116 Å². The van der Waals surface area contributed by atoms with Gasteiger partial charge in [-0.3, -0.25) is 4.79 Å². The van der Waals surface area contributed by atoms with Crippen LogP contribution in [-0.4, -0.2) is 29.1 Å². The number of rotatable bonds is 9. The van der Waals surface area contributed by atoms with Crippen LogP contribution in [0.3, 0.4) is 0 Å². The molecule has 3 nitrogen and oxygen atoms in total. The minimum absolute atomic E-state index is 0.284. The number of thioether (sulfide) groups is 1. The SMILES string of the molecule is CCOC(=O)C(C)(N)CCCCSC(C)C(C)C. The van der Waals surface area contributed by atoms with Gasteiger partial charge in [0, 0.05) is 5.25 Å². The van der Waals surface area contributed by atoms with Gasteiger partial charge in [-0.25, -0.2) is 0 Å². The Balaban J connectivity index is 3.74. The quantitative estimate of drug-likeness (QED) is 0.518. The first-order valence-electron chi connectivity index (χ1n) is 6.89. The topological polar surface area (TPSA) is 52.3 Å². The van der Waals surface area contributed by atoms with E-state index in [1.807, 2.05) is 11.8 Å². The zero-order valence-electron chi connectivity index (χ0n) is 12.5. The molecule has 0 saturated heterocycles. The minimum Gasteiger partial charge on any atom is -0.465 e. The molecule has 0 aromatic heterocycles. The van der Waals surface area contributed by atoms with E-state index in [-0.39, 0.29) is 5.97 Å². The molecule has 0 fully saturated rings. The van der Waals surface area contributed by atoms with Crippen molar-refractivity contribution in [3.8, 4) is 0 Å². The molecule has 4 heteroatoms. The summed E-state index contributed by atoms with van der Waals surface area (Å²) in [6.45, 7) is 10.7. The molecule has 2 N–H and O–H groups in total. The lowest BCUT2D eigenvalue weighted by atomic mass is 9.96. The highest BCUT2D eigenvalue weighted by Crippen LogP contribution is 2.21. The normalized spacial score (nSPS) is 16.4. The summed E-state index contributed by atoms with van der Waals surface area (Å²) in [5.41, 5.74) is 5.13. The number of carbonyl (C=O) groups excluding carboxylic acids is 1. The van der Waals surface area contributed by atoms with Crippen molar-refractivity contribution in [3.05, 3.63) is 0 Å². The maximum atomic E-state index is 11.6. The van der Waals surface area contributed by atoms with E-state index >= 15 is 0 Å². The molecule has 0 aliphatic rings. The molecule has 0 spiro atoms. The molecular formula is C14H29NO2S. The van der Waals surface area contributed by atoms with Crippen molar-refractivity contribution in [2.24, 2.45) is 11.7 Å². The zero-order chi connectivity index (χ0) is 14.2. The Hall–Kier alpha value is -0.220. The summed E-state index contributed by atoms with van der Waals surface area (Å²) in [6.07, 6.45) is 2.78. The van der Waals surface area contributed by atoms with Crippen LogP contribution in [0.2, 0.25) is 0 Å². The average molecular weight is 275 g/mol. The van der Waals surface area contributed by atoms with Crippen molar-refractivity contribution in [1.82, 2.24) is 0 Å². The van der Waals surface area contributed by atoms with E-state index < -0.39 is 5.54 Å². The first-order chi connectivity index (χ1) is 8.31. The largest absolute Gasteiger partial charge is 0.465 e. The van der Waals surface area contributed by atoms with Crippen LogP contribution in [0.5, 0.6) is 0 Å². The fraction of sp³-hybridized carbons (Fsp3) is 0.929. The Bertz CT molecular complexity index is 242. The second-order valence-electron chi connectivity index (χ2n) is 5.41. The summed E-state index contributed by atoms with van der Waals surface area (Å²) in [4.78, 5) is 11.6. The molecular weight excluding hydrogens is 246 g/mol. The molecule has 0 rings (SSSR count). The van der Waals surface area contributed by atoms with Crippen molar-refractivity contribution >= 4 is 17.7 Å². The lowest BCUT2D eigenvalue weighted by Crippen LogP contribution is -2.46. The van der Waals surface area contributed by atoms with E-state index in [0.29, 0.717) is 24.2 Å². The summed E-state index contributed by atoms with van der Waals surface area (Å²) >= 11 is 2.00. The molecule has 0 aliphatic heterocycles. The molecule has 0 saturated carbocycles. The minimum atomic E-state index is -0.829. The number of carbonyl (C=O) groups is 1. The standard InChI is InChI=1S/C14H29NO2S/c1-6-17-13(16)14(5,15)9-7-8-10-18-12(4)11(2)3/h11-12H,6-10,15H2,1-5H3. The summed E-state index contributed by atoms with van der Waals surface area (Å²) in [7, 11) is 0. The Morgan fingerprint density at radius 3 is 2.44 bits per heavy atom. The fourth-order valence-electron chi connectivity index (χ4n) is 1.45. The molecule has 18 heavy (non-hydrogen) atoms. The number of ether oxygens (including phenoxy) is 1. The second kappa shape index (κ2) is 8.81. The van der Waals surface area contributed by atoms with Crippen molar-refractivity contribution in [2.75, 3.05) is 12.4 Å². The van der Waals surface area contributed by atoms with Gasteiger partial charge in [0.2, 0.25) is 0 Å². The number of hydrogen-bond acceptors (Lipinski definition) is 4. The van der Waals surface area contributed by atoms with Gasteiger partial charge in [-0.05, 0) is 38.4 Å². The molecule has 0 heterocycles. The first kappa shape index (κ1) is 17.8. The van der Waals surface area contributed by atoms with E-state index in [1.165, 1.54) is 0 Å². The summed E-state index contributed by atoms with van der Waals surface area (Å²) < 4.78 is 4.96. The lowest BCUT2D eigenvalue weighted by Gasteiger charge is -2.22. The highest BCUT2D eigenvalue weighted by atomic mass is 32.2. The molecule has 2 unspecified atom stereocenters. The molecule has 0 aliphatic carbocycles. The van der Waals surface area contributed by atoms with Crippen LogP contribution in [0.15, 0.2) is 0 Å². The van der Waals surface area contributed by atoms with Crippen LogP contribution in [0.4, 0.5) is 0 Å². The van der Waals surface area contributed by atoms with Crippen molar-refractivity contribution in [3.63, 3.8) is 0 Å². The number of nitrogens with two attached hydrogens (primary N) is 1. The number of hydrogen-bond donors (Lipinski definition) is 1. The van der Waals surface area contributed by atoms with Gasteiger partial charge in [-0.15, -0.1) is 0 Å². The van der Waals surface area contributed by atoms with Crippen LogP contribution < -0.4 is 5.73 Å². The molecule has 0 bridgehead atoms. The summed E-state index contributed by atoms with van der Waals surface area (Å²) in [5, 5.41) is 0.694. The average Bonchev–Trinajstić information content (AvgIpc) is 2.28. The van der Waals surface area contributed by atoms with E-state index in [1.54, 1.807) is 13.8 Å². The zero-order valence-corrected chi connectivity index (χ0v) is 13.3. The number of esters is 1. The predicted octanol–water partition coefficient (Wildman–Crippen LogP) is 3.21. The van der Waals surface area contributed by atoms with Crippen LogP contribution in [0.1, 0.15) is 53.9 Å². The predicted molar refractivity (Wildman–Crippen MR) is 79.8 cm³/mol. The molecule has 0 amide bonds. The maximum Gasteiger partial charge on any atom is 0.325 e. The molecule has 0 aromatic carbocycles. The van der Waals surface area contributed by atoms with Gasteiger partial charge in [0.1, 0.15) is 5.54 Å². The Kier molecular flexibility index (Phi) is 8.70. The summed E-state index contributed by atoms with van der Waals surface area (Å²) in [5.74, 6) is 1.57. The van der Waals surface area contributed by atoms with Gasteiger partial charge in [-0.2, -0.15) is 11.8 Å². The third kappa shape index (κ3) is 7.27. The van der Waals surface area contributed by atoms with Crippen LogP contribution in [0, 0.1) is 5.92 Å². The fourth-order valence-corrected chi connectivity index (χ4v) is 2.58. The lowest BCUT2D eigenvalue weighted by molar-refractivity contribution is -0.149. The van der Waals surface area contributed by atoms with E-state index in [2.05, 4.69) is 20.8 Å². The van der Waals surface area contributed by atoms with Gasteiger partial charge in [0.05, 0.1) is 6.61 Å².